The van der Waals surface area contributed by atoms with Crippen LogP contribution in [0.15, 0.2) is 0 Å². The van der Waals surface area contributed by atoms with Crippen LogP contribution in [0.5, 0.6) is 0 Å². The summed E-state index contributed by atoms with van der Waals surface area (Å²) >= 11 is 1.75. The lowest BCUT2D eigenvalue weighted by Gasteiger charge is -2.59. The normalized spacial score (nSPS) is 40.5. The largest absolute Gasteiger partial charge is 0.458 e. The third kappa shape index (κ3) is 3.28. The first-order valence-electron chi connectivity index (χ1n) is 8.91. The summed E-state index contributed by atoms with van der Waals surface area (Å²) in [6, 6.07) is 0. The van der Waals surface area contributed by atoms with Crippen LogP contribution in [0.2, 0.25) is 0 Å². The van der Waals surface area contributed by atoms with Gasteiger partial charge >= 0.3 is 5.97 Å². The van der Waals surface area contributed by atoms with Gasteiger partial charge in [-0.15, -0.1) is 0 Å². The van der Waals surface area contributed by atoms with Gasteiger partial charge in [-0.1, -0.05) is 19.8 Å². The van der Waals surface area contributed by atoms with Gasteiger partial charge in [-0.05, 0) is 74.9 Å². The van der Waals surface area contributed by atoms with Crippen LogP contribution in [0, 0.1) is 23.7 Å². The van der Waals surface area contributed by atoms with Crippen LogP contribution < -0.4 is 0 Å². The Hall–Kier alpha value is -0.180. The van der Waals surface area contributed by atoms with Gasteiger partial charge < -0.3 is 4.74 Å². The van der Waals surface area contributed by atoms with Gasteiger partial charge in [0.1, 0.15) is 5.60 Å². The highest BCUT2D eigenvalue weighted by Gasteiger charge is 2.56. The SMILES string of the molecule is CCCCCSCC(=O)OC1(C)C2CC3CC(C2)CC1C3. The summed E-state index contributed by atoms with van der Waals surface area (Å²) in [4.78, 5) is 12.2. The highest BCUT2D eigenvalue weighted by molar-refractivity contribution is 7.99. The molecule has 0 spiro atoms. The molecule has 4 bridgehead atoms. The zero-order chi connectivity index (χ0) is 14.9. The first-order chi connectivity index (χ1) is 10.1. The molecule has 0 aromatic heterocycles. The van der Waals surface area contributed by atoms with Crippen molar-refractivity contribution in [2.24, 2.45) is 23.7 Å². The zero-order valence-electron chi connectivity index (χ0n) is 13.6. The summed E-state index contributed by atoms with van der Waals surface area (Å²) in [6.07, 6.45) is 10.4. The van der Waals surface area contributed by atoms with Crippen LogP contribution in [0.3, 0.4) is 0 Å². The van der Waals surface area contributed by atoms with Gasteiger partial charge in [0.2, 0.25) is 0 Å². The number of esters is 1. The Bertz CT molecular complexity index is 351. The Balaban J connectivity index is 1.48. The first kappa shape index (κ1) is 15.7. The van der Waals surface area contributed by atoms with E-state index < -0.39 is 0 Å². The molecule has 0 radical (unpaired) electrons. The molecule has 0 unspecified atom stereocenters. The molecule has 21 heavy (non-hydrogen) atoms. The van der Waals surface area contributed by atoms with Crippen LogP contribution in [0.25, 0.3) is 0 Å². The molecule has 0 aromatic carbocycles. The molecule has 4 rings (SSSR count). The van der Waals surface area contributed by atoms with E-state index in [0.29, 0.717) is 17.6 Å². The maximum Gasteiger partial charge on any atom is 0.316 e. The first-order valence-corrected chi connectivity index (χ1v) is 10.1. The van der Waals surface area contributed by atoms with E-state index >= 15 is 0 Å². The molecule has 4 aliphatic carbocycles. The lowest BCUT2D eigenvalue weighted by molar-refractivity contribution is -0.200. The van der Waals surface area contributed by atoms with Crippen LogP contribution in [0.4, 0.5) is 0 Å². The standard InChI is InChI=1S/C18H30O2S/c1-3-4-5-6-21-12-17(19)20-18(2)15-8-13-7-14(10-15)11-16(18)9-13/h13-16H,3-12H2,1-2H3. The minimum absolute atomic E-state index is 0.0338. The quantitative estimate of drug-likeness (QED) is 0.505. The molecule has 3 heteroatoms. The van der Waals surface area contributed by atoms with E-state index in [0.717, 1.165) is 17.6 Å². The molecule has 0 amide bonds. The minimum atomic E-state index is -0.144. The maximum atomic E-state index is 12.2. The maximum absolute atomic E-state index is 12.2. The Morgan fingerprint density at radius 2 is 1.71 bits per heavy atom. The van der Waals surface area contributed by atoms with E-state index in [1.807, 2.05) is 0 Å². The monoisotopic (exact) mass is 310 g/mol. The van der Waals surface area contributed by atoms with Crippen LogP contribution in [0.1, 0.15) is 65.2 Å². The Morgan fingerprint density at radius 3 is 2.29 bits per heavy atom. The van der Waals surface area contributed by atoms with E-state index in [1.54, 1.807) is 11.8 Å². The number of thioether (sulfide) groups is 1. The molecule has 4 aliphatic rings. The average molecular weight is 311 g/mol. The second kappa shape index (κ2) is 6.52. The number of unbranched alkanes of at least 4 members (excludes halogenated alkanes) is 2. The summed E-state index contributed by atoms with van der Waals surface area (Å²) in [5.41, 5.74) is -0.144. The molecule has 0 N–H and O–H groups in total. The third-order valence-electron chi connectivity index (χ3n) is 6.21. The molecular weight excluding hydrogens is 280 g/mol. The minimum Gasteiger partial charge on any atom is -0.458 e. The second-order valence-electron chi connectivity index (χ2n) is 7.72. The molecule has 0 aromatic rings. The number of carbonyl (C=O) groups is 1. The summed E-state index contributed by atoms with van der Waals surface area (Å²) < 4.78 is 6.06. The van der Waals surface area contributed by atoms with E-state index in [4.69, 9.17) is 4.74 Å². The van der Waals surface area contributed by atoms with Gasteiger partial charge in [0.05, 0.1) is 5.75 Å². The van der Waals surface area contributed by atoms with Crippen molar-refractivity contribution in [1.29, 1.82) is 0 Å². The molecule has 0 atom stereocenters. The predicted octanol–water partition coefficient (Wildman–Crippen LogP) is 4.67. The third-order valence-corrected chi connectivity index (χ3v) is 7.22. The topological polar surface area (TPSA) is 26.3 Å². The molecule has 0 saturated heterocycles. The molecule has 0 heterocycles. The number of hydrogen-bond donors (Lipinski definition) is 0. The molecule has 2 nitrogen and oxygen atoms in total. The van der Waals surface area contributed by atoms with Crippen LogP contribution in [-0.2, 0) is 9.53 Å². The lowest BCUT2D eigenvalue weighted by atomic mass is 9.50. The highest BCUT2D eigenvalue weighted by Crippen LogP contribution is 2.59. The van der Waals surface area contributed by atoms with Crippen LogP contribution >= 0.6 is 11.8 Å². The predicted molar refractivity (Wildman–Crippen MR) is 88.4 cm³/mol. The van der Waals surface area contributed by atoms with Crippen molar-refractivity contribution in [3.63, 3.8) is 0 Å². The number of rotatable bonds is 7. The fourth-order valence-electron chi connectivity index (χ4n) is 5.17. The van der Waals surface area contributed by atoms with Gasteiger partial charge in [-0.3, -0.25) is 4.79 Å². The summed E-state index contributed by atoms with van der Waals surface area (Å²) in [5.74, 6) is 4.82. The molecule has 4 fully saturated rings. The number of carbonyl (C=O) groups excluding carboxylic acids is 1. The van der Waals surface area contributed by atoms with Crippen molar-refractivity contribution in [3.8, 4) is 0 Å². The summed E-state index contributed by atoms with van der Waals surface area (Å²) in [5, 5.41) is 0. The summed E-state index contributed by atoms with van der Waals surface area (Å²) in [6.45, 7) is 4.45. The zero-order valence-corrected chi connectivity index (χ0v) is 14.4. The van der Waals surface area contributed by atoms with E-state index in [9.17, 15) is 4.79 Å². The Labute approximate surface area is 133 Å². The van der Waals surface area contributed by atoms with E-state index in [2.05, 4.69) is 13.8 Å². The number of hydrogen-bond acceptors (Lipinski definition) is 3. The summed E-state index contributed by atoms with van der Waals surface area (Å²) in [7, 11) is 0. The lowest BCUT2D eigenvalue weighted by Crippen LogP contribution is -2.58. The van der Waals surface area contributed by atoms with Crippen LogP contribution in [-0.4, -0.2) is 23.1 Å². The molecule has 120 valence electrons. The van der Waals surface area contributed by atoms with Gasteiger partial charge in [-0.25, -0.2) is 0 Å². The fourth-order valence-corrected chi connectivity index (χ4v) is 5.95. The molecule has 4 saturated carbocycles. The molecule has 0 aliphatic heterocycles. The fraction of sp³-hybridized carbons (Fsp3) is 0.944. The van der Waals surface area contributed by atoms with Crippen molar-refractivity contribution < 1.29 is 9.53 Å². The van der Waals surface area contributed by atoms with E-state index in [-0.39, 0.29) is 11.6 Å². The second-order valence-corrected chi connectivity index (χ2v) is 8.83. The molecular formula is C18H30O2S. The van der Waals surface area contributed by atoms with Gasteiger partial charge in [0.15, 0.2) is 0 Å². The van der Waals surface area contributed by atoms with Crippen molar-refractivity contribution in [1.82, 2.24) is 0 Å². The number of ether oxygens (including phenoxy) is 1. The van der Waals surface area contributed by atoms with Gasteiger partial charge in [0.25, 0.3) is 0 Å². The van der Waals surface area contributed by atoms with Crippen molar-refractivity contribution in [2.75, 3.05) is 11.5 Å². The van der Waals surface area contributed by atoms with Crippen molar-refractivity contribution >= 4 is 17.7 Å². The smallest absolute Gasteiger partial charge is 0.316 e. The Morgan fingerprint density at radius 1 is 1.10 bits per heavy atom. The highest BCUT2D eigenvalue weighted by atomic mass is 32.2. The van der Waals surface area contributed by atoms with Crippen molar-refractivity contribution in [3.05, 3.63) is 0 Å². The van der Waals surface area contributed by atoms with Crippen molar-refractivity contribution in [2.45, 2.75) is 70.8 Å². The van der Waals surface area contributed by atoms with E-state index in [1.165, 1.54) is 51.4 Å². The average Bonchev–Trinajstić information content (AvgIpc) is 2.44. The van der Waals surface area contributed by atoms with Gasteiger partial charge in [0, 0.05) is 0 Å². The van der Waals surface area contributed by atoms with Gasteiger partial charge in [-0.2, -0.15) is 11.8 Å². The Kier molecular flexibility index (Phi) is 4.87.